The second-order valence-corrected chi connectivity index (χ2v) is 7.62. The van der Waals surface area contributed by atoms with Gasteiger partial charge < -0.3 is 14.8 Å². The number of rotatable bonds is 9. The molecule has 5 heteroatoms. The number of methoxy groups -OCH3 is 1. The monoisotopic (exact) mass is 425 g/mol. The maximum atomic E-state index is 6.11. The third kappa shape index (κ3) is 6.21. The van der Waals surface area contributed by atoms with Gasteiger partial charge in [0.05, 0.1) is 7.11 Å². The van der Waals surface area contributed by atoms with Crippen molar-refractivity contribution in [2.45, 2.75) is 33.4 Å². The maximum absolute atomic E-state index is 6.11. The van der Waals surface area contributed by atoms with Gasteiger partial charge in [0.15, 0.2) is 11.5 Å². The van der Waals surface area contributed by atoms with E-state index in [1.165, 1.54) is 0 Å². The number of hydrogen-bond acceptors (Lipinski definition) is 3. The smallest absolute Gasteiger partial charge is 0.167 e. The van der Waals surface area contributed by atoms with Gasteiger partial charge in [-0.3, -0.25) is 0 Å². The van der Waals surface area contributed by atoms with Crippen LogP contribution < -0.4 is 14.8 Å². The fourth-order valence-corrected chi connectivity index (χ4v) is 2.98. The Hall–Kier alpha value is -1.23. The van der Waals surface area contributed by atoms with Crippen molar-refractivity contribution in [1.82, 2.24) is 5.32 Å². The van der Waals surface area contributed by atoms with Crippen molar-refractivity contribution in [2.24, 2.45) is 5.92 Å². The second-order valence-electron chi connectivity index (χ2n) is 6.33. The number of hydrogen-bond donors (Lipinski definition) is 1. The topological polar surface area (TPSA) is 30.5 Å². The minimum absolute atomic E-state index is 0.461. The zero-order valence-corrected chi connectivity index (χ0v) is 17.3. The number of benzene rings is 2. The zero-order valence-electron chi connectivity index (χ0n) is 14.9. The molecule has 3 nitrogen and oxygen atoms in total. The van der Waals surface area contributed by atoms with Gasteiger partial charge >= 0.3 is 0 Å². The molecule has 0 spiro atoms. The van der Waals surface area contributed by atoms with Gasteiger partial charge in [-0.15, -0.1) is 0 Å². The van der Waals surface area contributed by atoms with Crippen LogP contribution in [0.3, 0.4) is 0 Å². The first-order valence-electron chi connectivity index (χ1n) is 8.44. The normalized spacial score (nSPS) is 11.0. The number of ether oxygens (including phenoxy) is 2. The van der Waals surface area contributed by atoms with E-state index in [-0.39, 0.29) is 0 Å². The average Bonchev–Trinajstić information content (AvgIpc) is 2.59. The van der Waals surface area contributed by atoms with E-state index in [4.69, 9.17) is 21.1 Å². The summed E-state index contributed by atoms with van der Waals surface area (Å²) in [5.74, 6) is 2.18. The molecule has 1 N–H and O–H groups in total. The first kappa shape index (κ1) is 20.1. The molecule has 2 aromatic rings. The molecule has 0 heterocycles. The lowest BCUT2D eigenvalue weighted by Crippen LogP contribution is -2.17. The summed E-state index contributed by atoms with van der Waals surface area (Å²) in [6.45, 7) is 6.61. The minimum Gasteiger partial charge on any atom is -0.493 e. The fraction of sp³-hybridized carbons (Fsp3) is 0.400. The van der Waals surface area contributed by atoms with Crippen LogP contribution in [0.25, 0.3) is 0 Å². The van der Waals surface area contributed by atoms with Crippen LogP contribution >= 0.6 is 27.5 Å². The SMILES string of the molecule is COc1ccc(Br)c(CNCCC(C)C)c1OCc1ccc(Cl)cc1. The molecule has 0 bridgehead atoms. The van der Waals surface area contributed by atoms with Gasteiger partial charge in [-0.25, -0.2) is 0 Å². The highest BCUT2D eigenvalue weighted by Gasteiger charge is 2.14. The highest BCUT2D eigenvalue weighted by molar-refractivity contribution is 9.10. The summed E-state index contributed by atoms with van der Waals surface area (Å²) < 4.78 is 12.6. The predicted molar refractivity (Wildman–Crippen MR) is 108 cm³/mol. The molecule has 0 saturated carbocycles. The van der Waals surface area contributed by atoms with Crippen LogP contribution in [-0.2, 0) is 13.2 Å². The first-order chi connectivity index (χ1) is 12.0. The lowest BCUT2D eigenvalue weighted by Gasteiger charge is -2.17. The third-order valence-corrected chi connectivity index (χ3v) is 4.88. The predicted octanol–water partition coefficient (Wildman–Crippen LogP) is 5.83. The second kappa shape index (κ2) is 10.0. The molecule has 2 rings (SSSR count). The summed E-state index contributed by atoms with van der Waals surface area (Å²) in [5, 5.41) is 4.21. The van der Waals surface area contributed by atoms with Crippen molar-refractivity contribution in [3.8, 4) is 11.5 Å². The molecule has 0 aliphatic carbocycles. The minimum atomic E-state index is 0.461. The van der Waals surface area contributed by atoms with Crippen molar-refractivity contribution in [3.05, 3.63) is 57.0 Å². The molecule has 0 aliphatic heterocycles. The van der Waals surface area contributed by atoms with Crippen molar-refractivity contribution in [3.63, 3.8) is 0 Å². The zero-order chi connectivity index (χ0) is 18.2. The van der Waals surface area contributed by atoms with E-state index in [1.807, 2.05) is 36.4 Å². The molecular formula is C20H25BrClNO2. The highest BCUT2D eigenvalue weighted by atomic mass is 79.9. The summed E-state index contributed by atoms with van der Waals surface area (Å²) in [6, 6.07) is 11.6. The van der Waals surface area contributed by atoms with Crippen LogP contribution in [-0.4, -0.2) is 13.7 Å². The molecule has 0 aromatic heterocycles. The van der Waals surface area contributed by atoms with Crippen LogP contribution in [0, 0.1) is 5.92 Å². The van der Waals surface area contributed by atoms with E-state index in [2.05, 4.69) is 35.1 Å². The summed E-state index contributed by atoms with van der Waals surface area (Å²) >= 11 is 9.57. The van der Waals surface area contributed by atoms with Gasteiger partial charge in [0.2, 0.25) is 0 Å². The fourth-order valence-electron chi connectivity index (χ4n) is 2.41. The van der Waals surface area contributed by atoms with Crippen LogP contribution in [0.15, 0.2) is 40.9 Å². The van der Waals surface area contributed by atoms with Crippen LogP contribution in [0.2, 0.25) is 5.02 Å². The van der Waals surface area contributed by atoms with E-state index in [0.717, 1.165) is 51.6 Å². The van der Waals surface area contributed by atoms with Gasteiger partial charge in [-0.2, -0.15) is 0 Å². The largest absolute Gasteiger partial charge is 0.493 e. The number of halogens is 2. The van der Waals surface area contributed by atoms with E-state index in [9.17, 15) is 0 Å². The molecule has 0 fully saturated rings. The van der Waals surface area contributed by atoms with E-state index < -0.39 is 0 Å². The van der Waals surface area contributed by atoms with Crippen LogP contribution in [0.5, 0.6) is 11.5 Å². The van der Waals surface area contributed by atoms with Crippen molar-refractivity contribution in [1.29, 1.82) is 0 Å². The van der Waals surface area contributed by atoms with E-state index >= 15 is 0 Å². The average molecular weight is 427 g/mol. The standard InChI is InChI=1S/C20H25BrClNO2/c1-14(2)10-11-23-12-17-18(21)8-9-19(24-3)20(17)25-13-15-4-6-16(22)7-5-15/h4-9,14,23H,10-13H2,1-3H3. The van der Waals surface area contributed by atoms with Crippen LogP contribution in [0.4, 0.5) is 0 Å². The Morgan fingerprint density at radius 3 is 2.48 bits per heavy atom. The van der Waals surface area contributed by atoms with E-state index in [0.29, 0.717) is 12.5 Å². The van der Waals surface area contributed by atoms with Gasteiger partial charge in [0, 0.05) is 21.6 Å². The summed E-state index contributed by atoms with van der Waals surface area (Å²) in [5.41, 5.74) is 2.13. The molecule has 2 aromatic carbocycles. The van der Waals surface area contributed by atoms with Gasteiger partial charge in [0.25, 0.3) is 0 Å². The molecular weight excluding hydrogens is 402 g/mol. The Balaban J connectivity index is 2.12. The summed E-state index contributed by atoms with van der Waals surface area (Å²) in [7, 11) is 1.66. The van der Waals surface area contributed by atoms with Gasteiger partial charge in [-0.05, 0) is 48.7 Å². The molecule has 0 radical (unpaired) electrons. The molecule has 0 unspecified atom stereocenters. The molecule has 0 amide bonds. The first-order valence-corrected chi connectivity index (χ1v) is 9.61. The third-order valence-electron chi connectivity index (χ3n) is 3.88. The van der Waals surface area contributed by atoms with Crippen molar-refractivity contribution in [2.75, 3.05) is 13.7 Å². The Morgan fingerprint density at radius 1 is 1.12 bits per heavy atom. The van der Waals surface area contributed by atoms with Crippen molar-refractivity contribution < 1.29 is 9.47 Å². The van der Waals surface area contributed by atoms with Crippen molar-refractivity contribution >= 4 is 27.5 Å². The lowest BCUT2D eigenvalue weighted by molar-refractivity contribution is 0.280. The Kier molecular flexibility index (Phi) is 8.07. The van der Waals surface area contributed by atoms with Gasteiger partial charge in [-0.1, -0.05) is 53.5 Å². The Morgan fingerprint density at radius 2 is 1.84 bits per heavy atom. The summed E-state index contributed by atoms with van der Waals surface area (Å²) in [6.07, 6.45) is 1.14. The van der Waals surface area contributed by atoms with Gasteiger partial charge in [0.1, 0.15) is 6.61 Å². The maximum Gasteiger partial charge on any atom is 0.167 e. The highest BCUT2D eigenvalue weighted by Crippen LogP contribution is 2.36. The molecule has 0 aliphatic rings. The summed E-state index contributed by atoms with van der Waals surface area (Å²) in [4.78, 5) is 0. The molecule has 136 valence electrons. The molecule has 0 saturated heterocycles. The van der Waals surface area contributed by atoms with E-state index in [1.54, 1.807) is 7.11 Å². The number of nitrogens with one attached hydrogen (secondary N) is 1. The van der Waals surface area contributed by atoms with Crippen LogP contribution in [0.1, 0.15) is 31.4 Å². The Labute approximate surface area is 163 Å². The quantitative estimate of drug-likeness (QED) is 0.512. The lowest BCUT2D eigenvalue weighted by atomic mass is 10.1. The molecule has 25 heavy (non-hydrogen) atoms. The molecule has 0 atom stereocenters. The Bertz CT molecular complexity index is 674.